The van der Waals surface area contributed by atoms with Gasteiger partial charge in [-0.2, -0.15) is 13.2 Å². The molecule has 0 aromatic carbocycles. The van der Waals surface area contributed by atoms with E-state index in [1.807, 2.05) is 23.1 Å². The average Bonchev–Trinajstić information content (AvgIpc) is 3.48. The van der Waals surface area contributed by atoms with E-state index in [0.29, 0.717) is 22.7 Å². The molecule has 2 unspecified atom stereocenters. The van der Waals surface area contributed by atoms with Gasteiger partial charge in [-0.15, -0.1) is 5.10 Å². The summed E-state index contributed by atoms with van der Waals surface area (Å²) < 4.78 is 59.4. The number of fused-ring (bicyclic) bond motifs is 2. The number of hydrogen-bond donors (Lipinski definition) is 3. The van der Waals surface area contributed by atoms with Crippen LogP contribution in [0.1, 0.15) is 35.8 Å². The van der Waals surface area contributed by atoms with Crippen molar-refractivity contribution >= 4 is 56.1 Å². The topological polar surface area (TPSA) is 177 Å². The van der Waals surface area contributed by atoms with Crippen LogP contribution in [0.2, 0.25) is 5.02 Å². The second-order valence-corrected chi connectivity index (χ2v) is 11.9. The van der Waals surface area contributed by atoms with Gasteiger partial charge in [0.25, 0.3) is 5.91 Å². The molecule has 1 saturated heterocycles. The Kier molecular flexibility index (Phi) is 8.04. The maximum Gasteiger partial charge on any atom is 0.490 e. The summed E-state index contributed by atoms with van der Waals surface area (Å²) >= 11 is 6.55. The Balaban J connectivity index is 0.000000493. The molecule has 220 valence electrons. The van der Waals surface area contributed by atoms with Crippen LogP contribution in [0.3, 0.4) is 0 Å². The summed E-state index contributed by atoms with van der Waals surface area (Å²) in [5.41, 5.74) is 7.95. The zero-order valence-electron chi connectivity index (χ0n) is 21.5. The number of carbonyl (C=O) groups excluding carboxylic acids is 1. The number of nitrogen functional groups attached to an aromatic ring is 1. The van der Waals surface area contributed by atoms with E-state index in [1.165, 1.54) is 4.52 Å². The number of anilines is 2. The van der Waals surface area contributed by atoms with E-state index in [2.05, 4.69) is 20.4 Å². The number of carbonyl (C=O) groups is 2. The number of imidazole rings is 1. The van der Waals surface area contributed by atoms with Gasteiger partial charge in [0.1, 0.15) is 17.7 Å². The lowest BCUT2D eigenvalue weighted by Crippen LogP contribution is -2.48. The Labute approximate surface area is 235 Å². The lowest BCUT2D eigenvalue weighted by Gasteiger charge is -2.37. The maximum atomic E-state index is 13.2. The Bertz CT molecular complexity index is 1740. The van der Waals surface area contributed by atoms with E-state index in [0.717, 1.165) is 11.4 Å². The van der Waals surface area contributed by atoms with E-state index >= 15 is 0 Å². The zero-order valence-corrected chi connectivity index (χ0v) is 23.1. The fourth-order valence-electron chi connectivity index (χ4n) is 4.46. The van der Waals surface area contributed by atoms with Crippen molar-refractivity contribution in [2.45, 2.75) is 32.1 Å². The highest BCUT2D eigenvalue weighted by molar-refractivity contribution is 7.91. The Hall–Kier alpha value is -4.12. The number of hydrogen-bond acceptors (Lipinski definition) is 9. The van der Waals surface area contributed by atoms with Crippen LogP contribution in [-0.2, 0) is 14.6 Å². The number of aromatic nitrogens is 5. The third-order valence-electron chi connectivity index (χ3n) is 6.30. The second-order valence-electron chi connectivity index (χ2n) is 9.22. The zero-order chi connectivity index (χ0) is 30.3. The highest BCUT2D eigenvalue weighted by Gasteiger charge is 2.38. The van der Waals surface area contributed by atoms with Crippen LogP contribution < -0.4 is 16.0 Å². The third kappa shape index (κ3) is 6.14. The van der Waals surface area contributed by atoms with Gasteiger partial charge in [0.05, 0.1) is 34.3 Å². The Morgan fingerprint density at radius 3 is 2.63 bits per heavy atom. The van der Waals surface area contributed by atoms with Crippen molar-refractivity contribution in [3.63, 3.8) is 0 Å². The molecule has 5 heterocycles. The minimum atomic E-state index is -5.08. The van der Waals surface area contributed by atoms with Crippen molar-refractivity contribution in [3.05, 3.63) is 53.2 Å². The van der Waals surface area contributed by atoms with Gasteiger partial charge >= 0.3 is 12.1 Å². The average molecular weight is 617 g/mol. The minimum absolute atomic E-state index is 0.0383. The van der Waals surface area contributed by atoms with Gasteiger partial charge in [0.2, 0.25) is 0 Å². The molecule has 1 fully saturated rings. The fourth-order valence-corrected chi connectivity index (χ4v) is 6.27. The van der Waals surface area contributed by atoms with Crippen LogP contribution in [-0.4, -0.2) is 79.7 Å². The number of sulfone groups is 1. The fraction of sp³-hybridized carbons (Fsp3) is 0.348. The maximum absolute atomic E-state index is 13.2. The van der Waals surface area contributed by atoms with E-state index < -0.39 is 33.9 Å². The molecule has 4 aromatic heterocycles. The van der Waals surface area contributed by atoms with Gasteiger partial charge in [0.15, 0.2) is 21.3 Å². The molecule has 13 nitrogen and oxygen atoms in total. The summed E-state index contributed by atoms with van der Waals surface area (Å²) in [6, 6.07) is 2.70. The Morgan fingerprint density at radius 2 is 2.00 bits per heavy atom. The summed E-state index contributed by atoms with van der Waals surface area (Å²) in [5.74, 6) is -2.30. The number of halogens is 4. The first-order chi connectivity index (χ1) is 19.1. The minimum Gasteiger partial charge on any atom is -0.475 e. The molecular formula is C23H24ClF3N8O5S. The first kappa shape index (κ1) is 29.9. The summed E-state index contributed by atoms with van der Waals surface area (Å²) in [6.45, 7) is 4.01. The summed E-state index contributed by atoms with van der Waals surface area (Å²) in [4.78, 5) is 32.6. The predicted octanol–water partition coefficient (Wildman–Crippen LogP) is 2.36. The van der Waals surface area contributed by atoms with Crippen molar-refractivity contribution in [1.29, 1.82) is 0 Å². The number of alkyl halides is 3. The number of carboxylic acids is 1. The normalized spacial score (nSPS) is 17.6. The molecule has 4 N–H and O–H groups in total. The van der Waals surface area contributed by atoms with Crippen LogP contribution in [0.4, 0.5) is 24.8 Å². The van der Waals surface area contributed by atoms with Crippen LogP contribution in [0.5, 0.6) is 0 Å². The molecule has 1 amide bonds. The second kappa shape index (κ2) is 11.0. The monoisotopic (exact) mass is 616 g/mol. The quantitative estimate of drug-likeness (QED) is 0.308. The molecule has 0 spiro atoms. The number of pyridine rings is 1. The molecule has 1 aliphatic heterocycles. The Morgan fingerprint density at radius 1 is 1.32 bits per heavy atom. The van der Waals surface area contributed by atoms with Gasteiger partial charge < -0.3 is 21.1 Å². The van der Waals surface area contributed by atoms with Crippen molar-refractivity contribution in [1.82, 2.24) is 29.3 Å². The van der Waals surface area contributed by atoms with E-state index in [9.17, 15) is 26.4 Å². The van der Waals surface area contributed by atoms with E-state index in [4.69, 9.17) is 27.2 Å². The first-order valence-electron chi connectivity index (χ1n) is 11.9. The van der Waals surface area contributed by atoms with Crippen LogP contribution in [0, 0.1) is 0 Å². The third-order valence-corrected chi connectivity index (χ3v) is 8.40. The molecule has 0 bridgehead atoms. The largest absolute Gasteiger partial charge is 0.490 e. The smallest absolute Gasteiger partial charge is 0.475 e. The number of amides is 1. The summed E-state index contributed by atoms with van der Waals surface area (Å²) in [6.07, 6.45) is 1.43. The molecule has 1 aliphatic rings. The first-order valence-corrected chi connectivity index (χ1v) is 14.1. The van der Waals surface area contributed by atoms with Gasteiger partial charge in [-0.25, -0.2) is 27.7 Å². The van der Waals surface area contributed by atoms with E-state index in [1.54, 1.807) is 37.1 Å². The molecule has 41 heavy (non-hydrogen) atoms. The molecule has 5 rings (SSSR count). The standard InChI is InChI=1S/C21H23ClN8O3S.C2HF3O2/c1-12-10-34(32,33)7-6-28(12)21-14(8-15(22)16-9-24-11-29(16)21)13(2)26-20(31)17-18(23)27-30-5-3-4-25-19(17)30;3-2(4,5)1(6)7/h3-5,8-9,11-13H,6-7,10H2,1-2H3,(H2,23,27)(H,26,31);(H,6,7). The lowest BCUT2D eigenvalue weighted by atomic mass is 10.1. The number of nitrogens with two attached hydrogens (primary N) is 1. The van der Waals surface area contributed by atoms with Gasteiger partial charge in [-0.1, -0.05) is 11.6 Å². The molecule has 4 aromatic rings. The van der Waals surface area contributed by atoms with Crippen LogP contribution >= 0.6 is 11.6 Å². The number of nitrogens with zero attached hydrogens (tertiary/aromatic N) is 6. The number of nitrogens with one attached hydrogen (secondary N) is 1. The summed E-state index contributed by atoms with van der Waals surface area (Å²) in [5, 5.41) is 14.7. The SMILES string of the molecule is CC(NC(=O)c1c(N)nn2cccnc12)c1cc(Cl)c2cncn2c1N1CCS(=O)(=O)CC1C.O=C(O)C(F)(F)F. The van der Waals surface area contributed by atoms with Crippen LogP contribution in [0.15, 0.2) is 37.1 Å². The molecule has 18 heteroatoms. The number of carboxylic acid groups (broad SMARTS) is 1. The van der Waals surface area contributed by atoms with Gasteiger partial charge in [-0.3, -0.25) is 9.20 Å². The molecule has 0 saturated carbocycles. The van der Waals surface area contributed by atoms with Crippen LogP contribution in [0.25, 0.3) is 11.2 Å². The van der Waals surface area contributed by atoms with Crippen molar-refractivity contribution in [2.24, 2.45) is 0 Å². The van der Waals surface area contributed by atoms with Crippen molar-refractivity contribution in [2.75, 3.05) is 28.7 Å². The molecular weight excluding hydrogens is 593 g/mol. The van der Waals surface area contributed by atoms with Crippen molar-refractivity contribution < 1.29 is 36.3 Å². The highest BCUT2D eigenvalue weighted by Crippen LogP contribution is 2.35. The van der Waals surface area contributed by atoms with Gasteiger partial charge in [-0.05, 0) is 26.0 Å². The predicted molar refractivity (Wildman–Crippen MR) is 143 cm³/mol. The molecule has 2 atom stereocenters. The molecule has 0 aliphatic carbocycles. The van der Waals surface area contributed by atoms with Gasteiger partial charge in [0, 0.05) is 30.5 Å². The molecule has 0 radical (unpaired) electrons. The number of rotatable bonds is 4. The summed E-state index contributed by atoms with van der Waals surface area (Å²) in [7, 11) is -3.12. The van der Waals surface area contributed by atoms with E-state index in [-0.39, 0.29) is 28.9 Å². The van der Waals surface area contributed by atoms with Crippen molar-refractivity contribution in [3.8, 4) is 0 Å². The number of aliphatic carboxylic acids is 1. The lowest BCUT2D eigenvalue weighted by molar-refractivity contribution is -0.192. The highest BCUT2D eigenvalue weighted by atomic mass is 35.5.